The lowest BCUT2D eigenvalue weighted by Crippen LogP contribution is -2.39. The van der Waals surface area contributed by atoms with Crippen LogP contribution in [0.4, 0.5) is 0 Å². The van der Waals surface area contributed by atoms with E-state index in [4.69, 9.17) is 55.3 Å². The molecule has 0 radical (unpaired) electrons. The van der Waals surface area contributed by atoms with E-state index in [1.165, 1.54) is 57.4 Å². The molecule has 0 saturated heterocycles. The normalized spacial score (nSPS) is 11.8. The third-order valence-electron chi connectivity index (χ3n) is 4.12. The summed E-state index contributed by atoms with van der Waals surface area (Å²) in [4.78, 5) is 0. The highest BCUT2D eigenvalue weighted by Crippen LogP contribution is 2.43. The van der Waals surface area contributed by atoms with Gasteiger partial charge in [-0.25, -0.2) is 0 Å². The van der Waals surface area contributed by atoms with Crippen LogP contribution in [0.15, 0.2) is 6.07 Å². The van der Waals surface area contributed by atoms with E-state index < -0.39 is 8.56 Å². The van der Waals surface area contributed by atoms with Gasteiger partial charge in [-0.15, -0.1) is 0 Å². The third-order valence-corrected chi connectivity index (χ3v) is 7.25. The van der Waals surface area contributed by atoms with Gasteiger partial charge in [0, 0.05) is 6.61 Å². The summed E-state index contributed by atoms with van der Waals surface area (Å²) in [6, 6.07) is 1.51. The topological polar surface area (TPSA) is 18.5 Å². The Labute approximate surface area is 179 Å². The number of benzene rings is 1. The zero-order chi connectivity index (χ0) is 19.6. The Morgan fingerprint density at radius 2 is 1.23 bits per heavy atom. The molecule has 26 heavy (non-hydrogen) atoms. The summed E-state index contributed by atoms with van der Waals surface area (Å²) in [5.41, 5.74) is 0. The first-order valence-electron chi connectivity index (χ1n) is 9.44. The Balaban J connectivity index is 2.31. The Kier molecular flexibility index (Phi) is 12.0. The first-order chi connectivity index (χ1) is 12.3. The molecule has 0 aliphatic heterocycles. The highest BCUT2D eigenvalue weighted by molar-refractivity contribution is 6.65. The van der Waals surface area contributed by atoms with Crippen LogP contribution >= 0.6 is 46.4 Å². The molecule has 0 N–H and O–H groups in total. The molecule has 0 amide bonds. The third kappa shape index (κ3) is 9.03. The monoisotopic (exact) mass is 458 g/mol. The van der Waals surface area contributed by atoms with Crippen LogP contribution in [-0.4, -0.2) is 15.2 Å². The zero-order valence-corrected chi connectivity index (χ0v) is 20.0. The zero-order valence-electron chi connectivity index (χ0n) is 16.0. The van der Waals surface area contributed by atoms with E-state index in [0.717, 1.165) is 6.42 Å². The van der Waals surface area contributed by atoms with Gasteiger partial charge in [0.15, 0.2) is 0 Å². The van der Waals surface area contributed by atoms with Crippen LogP contribution < -0.4 is 4.43 Å². The summed E-state index contributed by atoms with van der Waals surface area (Å²) in [6.45, 7) is 6.85. The van der Waals surface area contributed by atoms with E-state index in [1.54, 1.807) is 0 Å². The first kappa shape index (κ1) is 24.4. The number of unbranched alkanes of at least 4 members (excludes halogenated alkanes) is 8. The number of rotatable bonds is 13. The summed E-state index contributed by atoms with van der Waals surface area (Å²) in [5, 5.41) is 1.18. The van der Waals surface area contributed by atoms with E-state index in [0.29, 0.717) is 22.4 Å². The fourth-order valence-corrected chi connectivity index (χ4v) is 5.04. The molecule has 0 bridgehead atoms. The Morgan fingerprint density at radius 1 is 0.769 bits per heavy atom. The highest BCUT2D eigenvalue weighted by Gasteiger charge is 2.30. The van der Waals surface area contributed by atoms with Crippen molar-refractivity contribution in [3.05, 3.63) is 26.2 Å². The van der Waals surface area contributed by atoms with E-state index >= 15 is 0 Å². The minimum Gasteiger partial charge on any atom is -0.518 e. The molecule has 1 aromatic carbocycles. The molecule has 0 aromatic heterocycles. The first-order valence-corrected chi connectivity index (χ1v) is 13.8. The molecular formula is C19H30Cl4O2Si. The second kappa shape index (κ2) is 12.7. The van der Waals surface area contributed by atoms with Crippen molar-refractivity contribution in [2.45, 2.75) is 77.8 Å². The number of halogens is 4. The van der Waals surface area contributed by atoms with Gasteiger partial charge in [-0.3, -0.25) is 0 Å². The van der Waals surface area contributed by atoms with Gasteiger partial charge in [0.25, 0.3) is 0 Å². The highest BCUT2D eigenvalue weighted by atomic mass is 35.5. The minimum absolute atomic E-state index is 0.272. The lowest BCUT2D eigenvalue weighted by molar-refractivity contribution is 0.241. The molecule has 0 saturated carbocycles. The van der Waals surface area contributed by atoms with Crippen molar-refractivity contribution in [3.8, 4) is 5.75 Å². The quantitative estimate of drug-likeness (QED) is 0.166. The minimum atomic E-state index is -2.43. The summed E-state index contributed by atoms with van der Waals surface area (Å²) in [5.74, 6) is 0.314. The molecule has 0 aliphatic carbocycles. The fraction of sp³-hybridized carbons (Fsp3) is 0.684. The van der Waals surface area contributed by atoms with Crippen LogP contribution in [0, 0.1) is 0 Å². The van der Waals surface area contributed by atoms with Crippen molar-refractivity contribution in [2.75, 3.05) is 6.61 Å². The molecule has 7 heteroatoms. The lowest BCUT2D eigenvalue weighted by Gasteiger charge is -2.25. The predicted molar refractivity (Wildman–Crippen MR) is 118 cm³/mol. The van der Waals surface area contributed by atoms with Gasteiger partial charge in [0.2, 0.25) is 0 Å². The van der Waals surface area contributed by atoms with Crippen LogP contribution in [0.1, 0.15) is 64.7 Å². The van der Waals surface area contributed by atoms with Crippen LogP contribution in [0.5, 0.6) is 5.75 Å². The molecule has 0 heterocycles. The van der Waals surface area contributed by atoms with Gasteiger partial charge in [-0.05, 0) is 25.6 Å². The Hall–Kier alpha value is 0.357. The van der Waals surface area contributed by atoms with Crippen molar-refractivity contribution in [3.63, 3.8) is 0 Å². The summed E-state index contributed by atoms with van der Waals surface area (Å²) >= 11 is 24.5. The maximum atomic E-state index is 6.21. The van der Waals surface area contributed by atoms with Crippen LogP contribution in [-0.2, 0) is 4.43 Å². The van der Waals surface area contributed by atoms with Gasteiger partial charge in [0.1, 0.15) is 15.8 Å². The van der Waals surface area contributed by atoms with E-state index in [9.17, 15) is 0 Å². The molecular weight excluding hydrogens is 430 g/mol. The second-order valence-electron chi connectivity index (χ2n) is 6.98. The number of hydrogen-bond donors (Lipinski definition) is 0. The van der Waals surface area contributed by atoms with Gasteiger partial charge in [-0.2, -0.15) is 0 Å². The SMILES string of the molecule is CCCCCCCCCCCO[Si](C)(C)Oc1c(Cl)c(Cl)cc(Cl)c1Cl. The van der Waals surface area contributed by atoms with Crippen molar-refractivity contribution in [1.82, 2.24) is 0 Å². The molecule has 2 nitrogen and oxygen atoms in total. The summed E-state index contributed by atoms with van der Waals surface area (Å²) in [7, 11) is -2.43. The second-order valence-corrected chi connectivity index (χ2v) is 11.8. The van der Waals surface area contributed by atoms with Gasteiger partial charge < -0.3 is 8.85 Å². The smallest absolute Gasteiger partial charge is 0.392 e. The molecule has 0 atom stereocenters. The maximum absolute atomic E-state index is 6.21. The average Bonchev–Trinajstić information content (AvgIpc) is 2.58. The van der Waals surface area contributed by atoms with Gasteiger partial charge >= 0.3 is 8.56 Å². The van der Waals surface area contributed by atoms with E-state index in [-0.39, 0.29) is 10.0 Å². The molecule has 0 fully saturated rings. The van der Waals surface area contributed by atoms with E-state index in [2.05, 4.69) is 6.92 Å². The molecule has 0 aliphatic rings. The fourth-order valence-electron chi connectivity index (χ4n) is 2.65. The van der Waals surface area contributed by atoms with Crippen LogP contribution in [0.2, 0.25) is 33.2 Å². The molecule has 150 valence electrons. The van der Waals surface area contributed by atoms with Crippen molar-refractivity contribution >= 4 is 55.0 Å². The number of hydrogen-bond acceptors (Lipinski definition) is 2. The van der Waals surface area contributed by atoms with Gasteiger partial charge in [-0.1, -0.05) is 105 Å². The maximum Gasteiger partial charge on any atom is 0.392 e. The summed E-state index contributed by atoms with van der Waals surface area (Å²) in [6.07, 6.45) is 11.5. The lowest BCUT2D eigenvalue weighted by atomic mass is 10.1. The standard InChI is InChI=1S/C19H30Cl4O2Si/c1-4-5-6-7-8-9-10-11-12-13-24-26(2,3)25-19-17(22)15(20)14-16(21)18(19)23/h14H,4-13H2,1-3H3. The molecule has 0 spiro atoms. The van der Waals surface area contributed by atoms with Crippen molar-refractivity contribution in [1.29, 1.82) is 0 Å². The van der Waals surface area contributed by atoms with E-state index in [1.807, 2.05) is 13.1 Å². The van der Waals surface area contributed by atoms with Crippen LogP contribution in [0.3, 0.4) is 0 Å². The molecule has 1 rings (SSSR count). The Bertz CT molecular complexity index is 527. The predicted octanol–water partition coefficient (Wildman–Crippen LogP) is 8.93. The molecule has 0 unspecified atom stereocenters. The van der Waals surface area contributed by atoms with Crippen LogP contribution in [0.25, 0.3) is 0 Å². The molecule has 1 aromatic rings. The Morgan fingerprint density at radius 3 is 1.73 bits per heavy atom. The van der Waals surface area contributed by atoms with Crippen molar-refractivity contribution in [2.24, 2.45) is 0 Å². The largest absolute Gasteiger partial charge is 0.518 e. The summed E-state index contributed by atoms with van der Waals surface area (Å²) < 4.78 is 12.0. The van der Waals surface area contributed by atoms with Gasteiger partial charge in [0.05, 0.1) is 10.0 Å². The average molecular weight is 460 g/mol. The van der Waals surface area contributed by atoms with Crippen molar-refractivity contribution < 1.29 is 8.85 Å².